The summed E-state index contributed by atoms with van der Waals surface area (Å²) >= 11 is 0. The molecule has 0 saturated heterocycles. The number of hydrogen-bond donors (Lipinski definition) is 1. The second-order valence-corrected chi connectivity index (χ2v) is 8.01. The first-order valence-electron chi connectivity index (χ1n) is 10.5. The summed E-state index contributed by atoms with van der Waals surface area (Å²) in [5, 5.41) is 0. The molecule has 0 atom stereocenters. The summed E-state index contributed by atoms with van der Waals surface area (Å²) < 4.78 is 4.45. The Morgan fingerprint density at radius 1 is 1.03 bits per heavy atom. The molecule has 8 heteroatoms. The Balaban J connectivity index is 1.69. The largest absolute Gasteiger partial charge is 0.359 e. The van der Waals surface area contributed by atoms with E-state index in [0.717, 1.165) is 35.8 Å². The zero-order chi connectivity index (χ0) is 21.4. The van der Waals surface area contributed by atoms with Gasteiger partial charge in [-0.2, -0.15) is 0 Å². The van der Waals surface area contributed by atoms with Gasteiger partial charge in [-0.25, -0.2) is 9.78 Å². The number of nitrogens with one attached hydrogen (secondary N) is 1. The lowest BCUT2D eigenvalue weighted by Crippen LogP contribution is -2.42. The summed E-state index contributed by atoms with van der Waals surface area (Å²) in [6, 6.07) is 13.1. The Morgan fingerprint density at radius 3 is 2.52 bits per heavy atom. The Bertz CT molecular complexity index is 1340. The lowest BCUT2D eigenvalue weighted by Gasteiger charge is -2.15. The van der Waals surface area contributed by atoms with Crippen LogP contribution in [-0.2, 0) is 13.1 Å². The fourth-order valence-electron chi connectivity index (χ4n) is 4.45. The maximum atomic E-state index is 13.4. The van der Waals surface area contributed by atoms with Crippen molar-refractivity contribution in [3.8, 4) is 0 Å². The van der Waals surface area contributed by atoms with Crippen molar-refractivity contribution in [2.75, 3.05) is 0 Å². The average molecular weight is 417 g/mol. The van der Waals surface area contributed by atoms with Crippen LogP contribution in [0, 0.1) is 0 Å². The molecule has 1 fully saturated rings. The van der Waals surface area contributed by atoms with E-state index in [-0.39, 0.29) is 24.9 Å². The molecule has 0 unspecified atom stereocenters. The molecule has 31 heavy (non-hydrogen) atoms. The Morgan fingerprint density at radius 2 is 1.81 bits per heavy atom. The van der Waals surface area contributed by atoms with E-state index in [9.17, 15) is 14.4 Å². The van der Waals surface area contributed by atoms with Crippen LogP contribution in [0.4, 0.5) is 0 Å². The molecule has 1 aromatic carbocycles. The highest BCUT2D eigenvalue weighted by atomic mass is 16.2. The maximum Gasteiger partial charge on any atom is 0.333 e. The molecule has 0 bridgehead atoms. The smallest absolute Gasteiger partial charge is 0.333 e. The molecule has 3 aromatic heterocycles. The van der Waals surface area contributed by atoms with Crippen LogP contribution in [0.3, 0.4) is 0 Å². The van der Waals surface area contributed by atoms with Crippen molar-refractivity contribution in [1.29, 1.82) is 0 Å². The molecule has 1 aliphatic carbocycles. The first-order valence-corrected chi connectivity index (χ1v) is 10.5. The van der Waals surface area contributed by atoms with Gasteiger partial charge in [0.05, 0.1) is 25.1 Å². The molecule has 4 aromatic rings. The van der Waals surface area contributed by atoms with Gasteiger partial charge in [0.15, 0.2) is 16.9 Å². The highest BCUT2D eigenvalue weighted by molar-refractivity contribution is 5.94. The van der Waals surface area contributed by atoms with Crippen molar-refractivity contribution in [2.24, 2.45) is 0 Å². The van der Waals surface area contributed by atoms with Crippen LogP contribution >= 0.6 is 0 Å². The fourth-order valence-corrected chi connectivity index (χ4v) is 4.45. The highest BCUT2D eigenvalue weighted by Gasteiger charge is 2.25. The first-order chi connectivity index (χ1) is 15.1. The zero-order valence-corrected chi connectivity index (χ0v) is 17.0. The van der Waals surface area contributed by atoms with Gasteiger partial charge in [0.2, 0.25) is 0 Å². The third kappa shape index (κ3) is 3.43. The number of H-pyrrole nitrogens is 1. The number of carbonyl (C=O) groups excluding carboxylic acids is 1. The molecule has 1 N–H and O–H groups in total. The van der Waals surface area contributed by atoms with Crippen LogP contribution < -0.4 is 11.2 Å². The predicted molar refractivity (Wildman–Crippen MR) is 116 cm³/mol. The molecule has 8 nitrogen and oxygen atoms in total. The van der Waals surface area contributed by atoms with Gasteiger partial charge < -0.3 is 9.55 Å². The van der Waals surface area contributed by atoms with Crippen molar-refractivity contribution in [3.63, 3.8) is 0 Å². The fraction of sp³-hybridized carbons (Fsp3) is 0.304. The standard InChI is InChI=1S/C23H23N5O3/c29-19(18-11-6-12-24-18)14-27-22(30)20-21(25-15-28(20)17-9-4-5-10-17)26(23(27)31)13-16-7-2-1-3-8-16/h1-3,6-8,11-12,15,17,24H,4-5,9-10,13-14H2. The van der Waals surface area contributed by atoms with E-state index in [1.165, 1.54) is 4.57 Å². The van der Waals surface area contributed by atoms with E-state index < -0.39 is 11.2 Å². The third-order valence-electron chi connectivity index (χ3n) is 6.04. The lowest BCUT2D eigenvalue weighted by molar-refractivity contribution is 0.0964. The molecule has 0 spiro atoms. The topological polar surface area (TPSA) is 94.7 Å². The van der Waals surface area contributed by atoms with Crippen molar-refractivity contribution in [2.45, 2.75) is 44.8 Å². The van der Waals surface area contributed by atoms with E-state index in [0.29, 0.717) is 16.9 Å². The minimum atomic E-state index is -0.530. The molecule has 3 heterocycles. The Hall–Kier alpha value is -3.68. The van der Waals surface area contributed by atoms with Crippen LogP contribution in [-0.4, -0.2) is 29.5 Å². The van der Waals surface area contributed by atoms with E-state index in [2.05, 4.69) is 9.97 Å². The zero-order valence-electron chi connectivity index (χ0n) is 17.0. The maximum absolute atomic E-state index is 13.4. The number of carbonyl (C=O) groups is 1. The van der Waals surface area contributed by atoms with Crippen LogP contribution in [0.2, 0.25) is 0 Å². The Labute approximate surface area is 177 Å². The van der Waals surface area contributed by atoms with Crippen LogP contribution in [0.5, 0.6) is 0 Å². The number of Topliss-reactive ketones (excluding diaryl/α,β-unsaturated/α-hetero) is 1. The molecule has 0 aliphatic heterocycles. The SMILES string of the molecule is O=C(Cn1c(=O)c2c(ncn2C2CCCC2)n(Cc2ccccc2)c1=O)c1ccc[nH]1. The van der Waals surface area contributed by atoms with E-state index in [1.54, 1.807) is 24.7 Å². The van der Waals surface area contributed by atoms with Gasteiger partial charge >= 0.3 is 5.69 Å². The van der Waals surface area contributed by atoms with Crippen molar-refractivity contribution in [1.82, 2.24) is 23.7 Å². The van der Waals surface area contributed by atoms with Crippen LogP contribution in [0.15, 0.2) is 64.6 Å². The van der Waals surface area contributed by atoms with Gasteiger partial charge in [-0.1, -0.05) is 43.2 Å². The van der Waals surface area contributed by atoms with Crippen molar-refractivity contribution < 1.29 is 4.79 Å². The molecule has 158 valence electrons. The van der Waals surface area contributed by atoms with Gasteiger partial charge in [0.25, 0.3) is 5.56 Å². The number of imidazole rings is 1. The van der Waals surface area contributed by atoms with Crippen LogP contribution in [0.25, 0.3) is 11.2 Å². The molecule has 1 aliphatic rings. The first kappa shape index (κ1) is 19.3. The number of ketones is 1. The molecule has 0 amide bonds. The highest BCUT2D eigenvalue weighted by Crippen LogP contribution is 2.31. The van der Waals surface area contributed by atoms with Gasteiger partial charge in [-0.15, -0.1) is 0 Å². The van der Waals surface area contributed by atoms with Gasteiger partial charge in [0.1, 0.15) is 0 Å². The van der Waals surface area contributed by atoms with Gasteiger partial charge in [-0.05, 0) is 30.5 Å². The van der Waals surface area contributed by atoms with Gasteiger partial charge in [0, 0.05) is 12.2 Å². The summed E-state index contributed by atoms with van der Waals surface area (Å²) in [5.41, 5.74) is 1.05. The number of aromatic amines is 1. The summed E-state index contributed by atoms with van der Waals surface area (Å²) in [6.45, 7) is -0.0480. The normalized spacial score (nSPS) is 14.5. The van der Waals surface area contributed by atoms with Crippen LogP contribution in [0.1, 0.15) is 47.8 Å². The van der Waals surface area contributed by atoms with Crippen molar-refractivity contribution >= 4 is 16.9 Å². The molecule has 5 rings (SSSR count). The predicted octanol–water partition coefficient (Wildman–Crippen LogP) is 2.73. The lowest BCUT2D eigenvalue weighted by atomic mass is 10.2. The molecular weight excluding hydrogens is 394 g/mol. The monoisotopic (exact) mass is 417 g/mol. The number of nitrogens with zero attached hydrogens (tertiary/aromatic N) is 4. The minimum absolute atomic E-state index is 0.188. The summed E-state index contributed by atoms with van der Waals surface area (Å²) in [6.07, 6.45) is 7.47. The second kappa shape index (κ2) is 7.86. The van der Waals surface area contributed by atoms with E-state index >= 15 is 0 Å². The number of hydrogen-bond acceptors (Lipinski definition) is 4. The van der Waals surface area contributed by atoms with E-state index in [4.69, 9.17) is 0 Å². The molecular formula is C23H23N5O3. The quantitative estimate of drug-likeness (QED) is 0.488. The number of rotatable bonds is 6. The minimum Gasteiger partial charge on any atom is -0.359 e. The average Bonchev–Trinajstić information content (AvgIpc) is 3.55. The molecule has 0 radical (unpaired) electrons. The molecule has 1 saturated carbocycles. The second-order valence-electron chi connectivity index (χ2n) is 8.01. The Kier molecular flexibility index (Phi) is 4.89. The van der Waals surface area contributed by atoms with Crippen molar-refractivity contribution in [3.05, 3.63) is 87.1 Å². The summed E-state index contributed by atoms with van der Waals surface area (Å²) in [5.74, 6) is -0.318. The number of aromatic nitrogens is 5. The van der Waals surface area contributed by atoms with E-state index in [1.807, 2.05) is 34.9 Å². The summed E-state index contributed by atoms with van der Waals surface area (Å²) in [4.78, 5) is 46.8. The summed E-state index contributed by atoms with van der Waals surface area (Å²) in [7, 11) is 0. The number of fused-ring (bicyclic) bond motifs is 1. The third-order valence-corrected chi connectivity index (χ3v) is 6.04. The van der Waals surface area contributed by atoms with Gasteiger partial charge in [-0.3, -0.25) is 18.7 Å². The number of benzene rings is 1.